The standard InChI is InChI=1S/C17H15BrN2O2/c1-2-5-12-6-3-8-14(16(12)21)11-19-20-17(22)13-7-4-9-15(18)10-13/h2-4,6-11,21H,1,5H2,(H,20,22)/b19-11-. The Morgan fingerprint density at radius 1 is 1.32 bits per heavy atom. The molecule has 4 nitrogen and oxygen atoms in total. The molecule has 2 N–H and O–H groups in total. The van der Waals surface area contributed by atoms with E-state index in [9.17, 15) is 9.90 Å². The highest BCUT2D eigenvalue weighted by atomic mass is 79.9. The molecule has 0 aliphatic carbocycles. The molecule has 22 heavy (non-hydrogen) atoms. The van der Waals surface area contributed by atoms with Gasteiger partial charge in [0.25, 0.3) is 5.91 Å². The van der Waals surface area contributed by atoms with Gasteiger partial charge in [-0.25, -0.2) is 5.43 Å². The lowest BCUT2D eigenvalue weighted by molar-refractivity contribution is 0.0955. The van der Waals surface area contributed by atoms with Crippen LogP contribution in [0.5, 0.6) is 5.75 Å². The fraction of sp³-hybridized carbons (Fsp3) is 0.0588. The Labute approximate surface area is 137 Å². The van der Waals surface area contributed by atoms with Gasteiger partial charge >= 0.3 is 0 Å². The minimum atomic E-state index is -0.320. The Morgan fingerprint density at radius 2 is 2.09 bits per heavy atom. The van der Waals surface area contributed by atoms with Crippen molar-refractivity contribution >= 4 is 28.1 Å². The lowest BCUT2D eigenvalue weighted by atomic mass is 10.1. The van der Waals surface area contributed by atoms with E-state index in [2.05, 4.69) is 33.0 Å². The molecule has 0 bridgehead atoms. The van der Waals surface area contributed by atoms with Crippen LogP contribution in [-0.4, -0.2) is 17.2 Å². The number of hydrazone groups is 1. The van der Waals surface area contributed by atoms with Crippen LogP contribution in [-0.2, 0) is 6.42 Å². The Balaban J connectivity index is 2.08. The van der Waals surface area contributed by atoms with E-state index in [1.807, 2.05) is 18.2 Å². The van der Waals surface area contributed by atoms with E-state index >= 15 is 0 Å². The fourth-order valence-electron chi connectivity index (χ4n) is 1.89. The molecule has 2 aromatic carbocycles. The van der Waals surface area contributed by atoms with Crippen molar-refractivity contribution in [3.8, 4) is 5.75 Å². The molecule has 0 aliphatic heterocycles. The number of nitrogens with one attached hydrogen (secondary N) is 1. The summed E-state index contributed by atoms with van der Waals surface area (Å²) in [6, 6.07) is 12.3. The molecular formula is C17H15BrN2O2. The van der Waals surface area contributed by atoms with E-state index in [1.54, 1.807) is 30.3 Å². The van der Waals surface area contributed by atoms with Gasteiger partial charge < -0.3 is 5.11 Å². The summed E-state index contributed by atoms with van der Waals surface area (Å²) in [6.07, 6.45) is 3.70. The van der Waals surface area contributed by atoms with Gasteiger partial charge in [0.2, 0.25) is 0 Å². The molecule has 1 amide bonds. The number of halogens is 1. The molecule has 2 rings (SSSR count). The first-order valence-electron chi connectivity index (χ1n) is 6.62. The SMILES string of the molecule is C=CCc1cccc(/C=N\NC(=O)c2cccc(Br)c2)c1O. The molecule has 0 atom stereocenters. The van der Waals surface area contributed by atoms with Gasteiger partial charge in [0.15, 0.2) is 0 Å². The van der Waals surface area contributed by atoms with Gasteiger partial charge in [-0.1, -0.05) is 40.2 Å². The molecule has 0 aliphatic rings. The maximum atomic E-state index is 11.9. The molecule has 0 fully saturated rings. The summed E-state index contributed by atoms with van der Waals surface area (Å²) < 4.78 is 0.818. The zero-order valence-electron chi connectivity index (χ0n) is 11.8. The molecular weight excluding hydrogens is 344 g/mol. The second kappa shape index (κ2) is 7.56. The largest absolute Gasteiger partial charge is 0.507 e. The number of amides is 1. The molecule has 0 saturated heterocycles. The van der Waals surface area contributed by atoms with Gasteiger partial charge in [0.1, 0.15) is 5.75 Å². The van der Waals surface area contributed by atoms with Crippen molar-refractivity contribution < 1.29 is 9.90 Å². The first-order valence-corrected chi connectivity index (χ1v) is 7.42. The van der Waals surface area contributed by atoms with E-state index < -0.39 is 0 Å². The number of hydrogen-bond acceptors (Lipinski definition) is 3. The van der Waals surface area contributed by atoms with Crippen LogP contribution in [0.3, 0.4) is 0 Å². The van der Waals surface area contributed by atoms with Crippen molar-refractivity contribution in [3.63, 3.8) is 0 Å². The monoisotopic (exact) mass is 358 g/mol. The topological polar surface area (TPSA) is 61.7 Å². The summed E-state index contributed by atoms with van der Waals surface area (Å²) in [4.78, 5) is 11.9. The fourth-order valence-corrected chi connectivity index (χ4v) is 2.29. The van der Waals surface area contributed by atoms with Crippen LogP contribution in [0.4, 0.5) is 0 Å². The van der Waals surface area contributed by atoms with Crippen molar-refractivity contribution in [3.05, 3.63) is 76.3 Å². The maximum Gasteiger partial charge on any atom is 0.271 e. The van der Waals surface area contributed by atoms with Gasteiger partial charge in [-0.15, -0.1) is 6.58 Å². The molecule has 112 valence electrons. The third-order valence-electron chi connectivity index (χ3n) is 2.97. The van der Waals surface area contributed by atoms with E-state index in [0.717, 1.165) is 10.0 Å². The molecule has 0 unspecified atom stereocenters. The molecule has 2 aromatic rings. The Morgan fingerprint density at radius 3 is 2.82 bits per heavy atom. The minimum Gasteiger partial charge on any atom is -0.507 e. The summed E-state index contributed by atoms with van der Waals surface area (Å²) >= 11 is 3.31. The number of nitrogens with zero attached hydrogens (tertiary/aromatic N) is 1. The van der Waals surface area contributed by atoms with Gasteiger partial charge in [-0.3, -0.25) is 4.79 Å². The number of carbonyl (C=O) groups is 1. The second-order valence-electron chi connectivity index (χ2n) is 4.56. The summed E-state index contributed by atoms with van der Waals surface area (Å²) in [6.45, 7) is 3.65. The molecule has 5 heteroatoms. The average molecular weight is 359 g/mol. The maximum absolute atomic E-state index is 11.9. The first kappa shape index (κ1) is 16.0. The smallest absolute Gasteiger partial charge is 0.271 e. The molecule has 0 aromatic heterocycles. The number of hydrogen-bond donors (Lipinski definition) is 2. The number of phenolic OH excluding ortho intramolecular Hbond substituents is 1. The zero-order valence-corrected chi connectivity index (χ0v) is 13.4. The highest BCUT2D eigenvalue weighted by molar-refractivity contribution is 9.10. The number of allylic oxidation sites excluding steroid dienone is 1. The molecule has 0 heterocycles. The number of benzene rings is 2. The van der Waals surface area contributed by atoms with Crippen LogP contribution in [0.25, 0.3) is 0 Å². The van der Waals surface area contributed by atoms with Crippen molar-refractivity contribution in [2.75, 3.05) is 0 Å². The van der Waals surface area contributed by atoms with E-state index in [4.69, 9.17) is 0 Å². The zero-order chi connectivity index (χ0) is 15.9. The third-order valence-corrected chi connectivity index (χ3v) is 3.46. The number of para-hydroxylation sites is 1. The Kier molecular flexibility index (Phi) is 5.49. The van der Waals surface area contributed by atoms with Crippen LogP contribution in [0, 0.1) is 0 Å². The highest BCUT2D eigenvalue weighted by Gasteiger charge is 2.05. The molecule has 0 radical (unpaired) electrons. The number of rotatable bonds is 5. The quantitative estimate of drug-likeness (QED) is 0.486. The lowest BCUT2D eigenvalue weighted by Gasteiger charge is -2.04. The van der Waals surface area contributed by atoms with E-state index in [-0.39, 0.29) is 11.7 Å². The normalized spacial score (nSPS) is 10.6. The van der Waals surface area contributed by atoms with Gasteiger partial charge in [-0.2, -0.15) is 5.10 Å². The highest BCUT2D eigenvalue weighted by Crippen LogP contribution is 2.21. The second-order valence-corrected chi connectivity index (χ2v) is 5.47. The predicted octanol–water partition coefficient (Wildman–Crippen LogP) is 3.65. The van der Waals surface area contributed by atoms with Crippen molar-refractivity contribution in [2.45, 2.75) is 6.42 Å². The summed E-state index contributed by atoms with van der Waals surface area (Å²) in [5, 5.41) is 14.0. The summed E-state index contributed by atoms with van der Waals surface area (Å²) in [5.74, 6) is -0.179. The van der Waals surface area contributed by atoms with Crippen LogP contribution in [0.2, 0.25) is 0 Å². The van der Waals surface area contributed by atoms with Crippen LogP contribution in [0.15, 0.2) is 64.7 Å². The molecule has 0 saturated carbocycles. The van der Waals surface area contributed by atoms with Crippen molar-refractivity contribution in [1.29, 1.82) is 0 Å². The van der Waals surface area contributed by atoms with Crippen LogP contribution in [0.1, 0.15) is 21.5 Å². The number of carbonyl (C=O) groups excluding carboxylic acids is 1. The lowest BCUT2D eigenvalue weighted by Crippen LogP contribution is -2.17. The van der Waals surface area contributed by atoms with Crippen molar-refractivity contribution in [1.82, 2.24) is 5.43 Å². The first-order chi connectivity index (χ1) is 10.6. The average Bonchev–Trinajstić information content (AvgIpc) is 2.51. The summed E-state index contributed by atoms with van der Waals surface area (Å²) in [7, 11) is 0. The van der Waals surface area contributed by atoms with E-state index in [1.165, 1.54) is 6.21 Å². The van der Waals surface area contributed by atoms with E-state index in [0.29, 0.717) is 17.5 Å². The van der Waals surface area contributed by atoms with Gasteiger partial charge in [-0.05, 0) is 36.2 Å². The molecule has 0 spiro atoms. The Bertz CT molecular complexity index is 726. The van der Waals surface area contributed by atoms with Gasteiger partial charge in [0, 0.05) is 15.6 Å². The van der Waals surface area contributed by atoms with Crippen LogP contribution < -0.4 is 5.43 Å². The summed E-state index contributed by atoms with van der Waals surface area (Å²) in [5.41, 5.74) is 4.23. The van der Waals surface area contributed by atoms with Gasteiger partial charge in [0.05, 0.1) is 6.21 Å². The van der Waals surface area contributed by atoms with Crippen LogP contribution >= 0.6 is 15.9 Å². The predicted molar refractivity (Wildman–Crippen MR) is 91.2 cm³/mol. The minimum absolute atomic E-state index is 0.142. The number of aromatic hydroxyl groups is 1. The number of phenols is 1. The third kappa shape index (κ3) is 4.05. The Hall–Kier alpha value is -2.40. The van der Waals surface area contributed by atoms with Crippen molar-refractivity contribution in [2.24, 2.45) is 5.10 Å².